The van der Waals surface area contributed by atoms with E-state index in [1.165, 1.54) is 4.90 Å². The fourth-order valence-electron chi connectivity index (χ4n) is 7.33. The molecule has 1 amide bonds. The molecule has 0 radical (unpaired) electrons. The van der Waals surface area contributed by atoms with Crippen molar-refractivity contribution < 1.29 is 37.3 Å². The molecule has 2 saturated heterocycles. The van der Waals surface area contributed by atoms with Crippen molar-refractivity contribution in [3.05, 3.63) is 64.2 Å². The highest BCUT2D eigenvalue weighted by atomic mass is 19.4. The SMILES string of the molecule is Cc1cc2c(c(C(F)(F)F)c1)OCN(C(=O)[C@@]1(C3CC3)CC[C@@H](N3CC[C@H](c4cccc(C(=O)O)c4)[C@@H](C)C3)CO1)C2. The van der Waals surface area contributed by atoms with Crippen LogP contribution in [-0.4, -0.2) is 64.9 Å². The lowest BCUT2D eigenvalue weighted by Gasteiger charge is -2.47. The van der Waals surface area contributed by atoms with Gasteiger partial charge in [-0.1, -0.05) is 25.1 Å². The van der Waals surface area contributed by atoms with Gasteiger partial charge in [0.25, 0.3) is 5.91 Å². The van der Waals surface area contributed by atoms with E-state index in [0.29, 0.717) is 35.6 Å². The van der Waals surface area contributed by atoms with Gasteiger partial charge in [-0.15, -0.1) is 0 Å². The molecule has 3 aliphatic heterocycles. The Balaban J connectivity index is 1.11. The molecule has 1 saturated carbocycles. The van der Waals surface area contributed by atoms with Gasteiger partial charge in [-0.05, 0) is 92.7 Å². The van der Waals surface area contributed by atoms with Gasteiger partial charge in [-0.25, -0.2) is 4.79 Å². The van der Waals surface area contributed by atoms with Crippen molar-refractivity contribution in [2.24, 2.45) is 11.8 Å². The van der Waals surface area contributed by atoms with E-state index in [2.05, 4.69) is 11.8 Å². The predicted octanol–water partition coefficient (Wildman–Crippen LogP) is 5.84. The number of amides is 1. The molecule has 4 aliphatic rings. The molecule has 0 spiro atoms. The fourth-order valence-corrected chi connectivity index (χ4v) is 7.33. The maximum Gasteiger partial charge on any atom is 0.419 e. The van der Waals surface area contributed by atoms with Crippen molar-refractivity contribution in [3.8, 4) is 5.75 Å². The number of rotatable bonds is 5. The normalized spacial score (nSPS) is 28.6. The van der Waals surface area contributed by atoms with E-state index >= 15 is 0 Å². The number of ether oxygens (including phenoxy) is 2. The Labute approximate surface area is 243 Å². The summed E-state index contributed by atoms with van der Waals surface area (Å²) in [6.45, 7) is 5.80. The second-order valence-electron chi connectivity index (χ2n) is 12.5. The number of aromatic carboxylic acids is 1. The maximum atomic E-state index is 14.0. The minimum absolute atomic E-state index is 0.0638. The topological polar surface area (TPSA) is 79.3 Å². The van der Waals surface area contributed by atoms with Gasteiger partial charge in [0.05, 0.1) is 24.3 Å². The lowest BCUT2D eigenvalue weighted by molar-refractivity contribution is -0.180. The molecule has 3 heterocycles. The Bertz CT molecular complexity index is 1370. The number of carbonyl (C=O) groups is 2. The third kappa shape index (κ3) is 5.39. The number of carboxylic acid groups (broad SMARTS) is 1. The average Bonchev–Trinajstić information content (AvgIpc) is 3.82. The van der Waals surface area contributed by atoms with Crippen LogP contribution in [0.5, 0.6) is 5.75 Å². The second kappa shape index (κ2) is 10.9. The largest absolute Gasteiger partial charge is 0.478 e. The number of nitrogens with zero attached hydrogens (tertiary/aromatic N) is 2. The zero-order valence-electron chi connectivity index (χ0n) is 24.0. The van der Waals surface area contributed by atoms with Crippen molar-refractivity contribution in [1.29, 1.82) is 0 Å². The van der Waals surface area contributed by atoms with Gasteiger partial charge in [-0.3, -0.25) is 9.69 Å². The van der Waals surface area contributed by atoms with E-state index in [9.17, 15) is 27.9 Å². The summed E-state index contributed by atoms with van der Waals surface area (Å²) < 4.78 is 53.0. The molecule has 0 bridgehead atoms. The highest BCUT2D eigenvalue weighted by Gasteiger charge is 2.56. The fraction of sp³-hybridized carbons (Fsp3) is 0.562. The molecular formula is C32H37F3N2O5. The van der Waals surface area contributed by atoms with Crippen LogP contribution < -0.4 is 4.74 Å². The molecule has 226 valence electrons. The molecule has 0 unspecified atom stereocenters. The number of fused-ring (bicyclic) bond motifs is 1. The summed E-state index contributed by atoms with van der Waals surface area (Å²) in [5.74, 6) is -0.571. The monoisotopic (exact) mass is 586 g/mol. The Kier molecular flexibility index (Phi) is 7.50. The Morgan fingerprint density at radius 3 is 2.52 bits per heavy atom. The van der Waals surface area contributed by atoms with E-state index in [4.69, 9.17) is 9.47 Å². The van der Waals surface area contributed by atoms with E-state index < -0.39 is 23.3 Å². The molecule has 0 aromatic heterocycles. The van der Waals surface area contributed by atoms with Crippen molar-refractivity contribution in [3.63, 3.8) is 0 Å². The first-order valence-electron chi connectivity index (χ1n) is 14.8. The number of carbonyl (C=O) groups excluding carboxylic acids is 1. The summed E-state index contributed by atoms with van der Waals surface area (Å²) in [6.07, 6.45) is -0.448. The third-order valence-electron chi connectivity index (χ3n) is 9.62. The molecule has 7 nitrogen and oxygen atoms in total. The quantitative estimate of drug-likeness (QED) is 0.474. The summed E-state index contributed by atoms with van der Waals surface area (Å²) in [5, 5.41) is 9.39. The van der Waals surface area contributed by atoms with E-state index in [0.717, 1.165) is 50.4 Å². The van der Waals surface area contributed by atoms with Gasteiger partial charge >= 0.3 is 12.1 Å². The van der Waals surface area contributed by atoms with Crippen molar-refractivity contribution in [1.82, 2.24) is 9.80 Å². The number of likely N-dealkylation sites (tertiary alicyclic amines) is 1. The van der Waals surface area contributed by atoms with Crippen LogP contribution in [0.15, 0.2) is 36.4 Å². The van der Waals surface area contributed by atoms with Gasteiger partial charge in [0.2, 0.25) is 0 Å². The lowest BCUT2D eigenvalue weighted by atomic mass is 9.79. The van der Waals surface area contributed by atoms with Crippen molar-refractivity contribution in [2.75, 3.05) is 26.4 Å². The number of halogens is 3. The number of aryl methyl sites for hydroxylation is 1. The molecule has 10 heteroatoms. The van der Waals surface area contributed by atoms with Crippen LogP contribution in [0.3, 0.4) is 0 Å². The summed E-state index contributed by atoms with van der Waals surface area (Å²) in [5.41, 5.74) is 0.443. The first kappa shape index (κ1) is 29.0. The first-order chi connectivity index (χ1) is 20.0. The third-order valence-corrected chi connectivity index (χ3v) is 9.62. The summed E-state index contributed by atoms with van der Waals surface area (Å²) in [6, 6.07) is 10.1. The minimum Gasteiger partial charge on any atom is -0.478 e. The van der Waals surface area contributed by atoms with E-state index in [1.807, 2.05) is 12.1 Å². The molecule has 2 aromatic rings. The summed E-state index contributed by atoms with van der Waals surface area (Å²) >= 11 is 0. The van der Waals surface area contributed by atoms with Crippen LogP contribution in [0, 0.1) is 18.8 Å². The van der Waals surface area contributed by atoms with Crippen molar-refractivity contribution >= 4 is 11.9 Å². The number of benzene rings is 2. The van der Waals surface area contributed by atoms with Gasteiger partial charge < -0.3 is 19.5 Å². The number of piperidine rings is 1. The predicted molar refractivity (Wildman–Crippen MR) is 148 cm³/mol. The number of alkyl halides is 3. The highest BCUT2D eigenvalue weighted by molar-refractivity contribution is 5.88. The molecular weight excluding hydrogens is 549 g/mol. The summed E-state index contributed by atoms with van der Waals surface area (Å²) in [4.78, 5) is 29.4. The standard InChI is InChI=1S/C32H37F3N2O5/c1-19-12-23-16-37(18-41-28(23)27(13-19)32(33,34)35)30(40)31(24-6-7-24)10-8-25(17-42-31)36-11-9-26(20(2)15-36)21-4-3-5-22(14-21)29(38)39/h3-5,12-14,20,24-26H,6-11,15-18H2,1-2H3,(H,38,39)/t20-,25+,26-,31-/m0/s1. The van der Waals surface area contributed by atoms with Crippen LogP contribution in [0.2, 0.25) is 0 Å². The number of hydrogen-bond donors (Lipinski definition) is 1. The van der Waals surface area contributed by atoms with Crippen LogP contribution in [0.1, 0.15) is 77.6 Å². The molecule has 1 N–H and O–H groups in total. The molecule has 1 aliphatic carbocycles. The molecule has 3 fully saturated rings. The van der Waals surface area contributed by atoms with Crippen LogP contribution in [0.25, 0.3) is 0 Å². The molecule has 2 aromatic carbocycles. The van der Waals surface area contributed by atoms with Crippen LogP contribution >= 0.6 is 0 Å². The molecule has 4 atom stereocenters. The van der Waals surface area contributed by atoms with Gasteiger partial charge in [0.15, 0.2) is 6.73 Å². The zero-order valence-corrected chi connectivity index (χ0v) is 24.0. The minimum atomic E-state index is -4.53. The number of carboxylic acids is 1. The molecule has 42 heavy (non-hydrogen) atoms. The van der Waals surface area contributed by atoms with Crippen LogP contribution in [0.4, 0.5) is 13.2 Å². The Hall–Kier alpha value is -3.11. The lowest BCUT2D eigenvalue weighted by Crippen LogP contribution is -2.59. The Morgan fingerprint density at radius 2 is 1.88 bits per heavy atom. The molecule has 6 rings (SSSR count). The number of hydrogen-bond acceptors (Lipinski definition) is 5. The van der Waals surface area contributed by atoms with Gasteiger partial charge in [0, 0.05) is 18.2 Å². The van der Waals surface area contributed by atoms with E-state index in [-0.39, 0.29) is 42.8 Å². The van der Waals surface area contributed by atoms with Gasteiger partial charge in [-0.2, -0.15) is 13.2 Å². The van der Waals surface area contributed by atoms with Crippen LogP contribution in [-0.2, 0) is 22.3 Å². The smallest absolute Gasteiger partial charge is 0.419 e. The summed E-state index contributed by atoms with van der Waals surface area (Å²) in [7, 11) is 0. The Morgan fingerprint density at radius 1 is 1.10 bits per heavy atom. The first-order valence-corrected chi connectivity index (χ1v) is 14.8. The van der Waals surface area contributed by atoms with Gasteiger partial charge in [0.1, 0.15) is 11.4 Å². The average molecular weight is 587 g/mol. The zero-order chi connectivity index (χ0) is 29.8. The second-order valence-corrected chi connectivity index (χ2v) is 12.5. The van der Waals surface area contributed by atoms with E-state index in [1.54, 1.807) is 25.1 Å². The van der Waals surface area contributed by atoms with Crippen molar-refractivity contribution in [2.45, 2.75) is 76.2 Å². The maximum absolute atomic E-state index is 14.0. The highest BCUT2D eigenvalue weighted by Crippen LogP contribution is 2.49.